The van der Waals surface area contributed by atoms with E-state index in [0.717, 1.165) is 4.79 Å². The number of hydrazone groups is 1. The average Bonchev–Trinajstić information content (AvgIpc) is 3.10. The third-order valence-corrected chi connectivity index (χ3v) is 5.07. The summed E-state index contributed by atoms with van der Waals surface area (Å²) in [4.78, 5) is 18.3. The summed E-state index contributed by atoms with van der Waals surface area (Å²) in [5, 5.41) is 27.2. The van der Waals surface area contributed by atoms with Crippen LogP contribution in [0.15, 0.2) is 53.6 Å². The van der Waals surface area contributed by atoms with Crippen LogP contribution in [0.2, 0.25) is 10.0 Å². The fraction of sp³-hybridized carbons (Fsp3) is 0.100. The molecule has 0 unspecified atom stereocenters. The first-order chi connectivity index (χ1) is 15.3. The number of benzene rings is 2. The van der Waals surface area contributed by atoms with Crippen LogP contribution in [0.1, 0.15) is 23.0 Å². The summed E-state index contributed by atoms with van der Waals surface area (Å²) in [6.45, 7) is 0. The van der Waals surface area contributed by atoms with Gasteiger partial charge in [0.05, 0.1) is 12.1 Å². The van der Waals surface area contributed by atoms with Crippen LogP contribution in [-0.2, 0) is 4.79 Å². The van der Waals surface area contributed by atoms with Crippen LogP contribution >= 0.6 is 35.4 Å². The maximum absolute atomic E-state index is 13.4. The number of carbonyl (C=O) groups excluding carboxylic acids is 1. The molecule has 12 heteroatoms. The number of rotatable bonds is 7. The molecule has 0 spiro atoms. The van der Waals surface area contributed by atoms with Gasteiger partial charge in [0.2, 0.25) is 10.6 Å². The summed E-state index contributed by atoms with van der Waals surface area (Å²) in [6, 6.07) is 16.7. The maximum Gasteiger partial charge on any atom is 0.261 e. The van der Waals surface area contributed by atoms with Gasteiger partial charge in [0.15, 0.2) is 0 Å². The smallest absolute Gasteiger partial charge is 0.261 e. The van der Waals surface area contributed by atoms with E-state index in [1.54, 1.807) is 48.5 Å². The molecule has 160 valence electrons. The molecular formula is C20H14Cl2N8OS. The Balaban J connectivity index is 2.07. The van der Waals surface area contributed by atoms with Crippen LogP contribution in [0.25, 0.3) is 0 Å². The molecule has 0 aliphatic heterocycles. The van der Waals surface area contributed by atoms with Gasteiger partial charge in [-0.15, -0.1) is 0 Å². The fourth-order valence-corrected chi connectivity index (χ4v) is 3.26. The minimum Gasteiger partial charge on any atom is -0.321 e. The van der Waals surface area contributed by atoms with E-state index in [9.17, 15) is 15.3 Å². The van der Waals surface area contributed by atoms with Gasteiger partial charge in [-0.2, -0.15) is 25.4 Å². The molecule has 2 aromatic carbocycles. The van der Waals surface area contributed by atoms with Crippen molar-refractivity contribution in [3.05, 3.63) is 74.5 Å². The number of aromatic amines is 1. The van der Waals surface area contributed by atoms with E-state index in [-0.39, 0.29) is 16.4 Å². The second kappa shape index (κ2) is 10.1. The first-order valence-electron chi connectivity index (χ1n) is 8.96. The third kappa shape index (κ3) is 5.13. The first-order valence-corrected chi connectivity index (χ1v) is 10.1. The number of carbonyl (C=O) groups is 1. The van der Waals surface area contributed by atoms with Gasteiger partial charge in [0.1, 0.15) is 17.5 Å². The highest BCUT2D eigenvalue weighted by atomic mass is 35.5. The fourth-order valence-electron chi connectivity index (χ4n) is 2.82. The molecule has 0 amide bonds. The molecule has 4 N–H and O–H groups in total. The summed E-state index contributed by atoms with van der Waals surface area (Å²) in [5.74, 6) is 2.70. The highest BCUT2D eigenvalue weighted by Crippen LogP contribution is 2.26. The third-order valence-electron chi connectivity index (χ3n) is 4.38. The number of hydrogen-bond acceptors (Lipinski definition) is 8. The molecule has 0 fully saturated rings. The van der Waals surface area contributed by atoms with Crippen molar-refractivity contribution in [3.63, 3.8) is 0 Å². The molecule has 1 heterocycles. The zero-order chi connectivity index (χ0) is 23.3. The largest absolute Gasteiger partial charge is 0.321 e. The standard InChI is InChI=1S/C20H14Cl2N8OS/c21-13-5-1-11(2-6-13)15(9-23)17(27-28-19-26-20(32)29-30(19)25)18(31)16(10-24)12-3-7-14(22)8-4-12/h1-8,15-16H,25H2,(H2,26,28,29,32)/b27-17+/t15-,16-/m0/s1. The lowest BCUT2D eigenvalue weighted by molar-refractivity contribution is -0.113. The summed E-state index contributed by atoms with van der Waals surface area (Å²) in [6.07, 6.45) is 0. The SMILES string of the molecule is N#C[C@H](C(=O)/C(=N/Nc1nc(=S)[nH]n1N)[C@@H](C#N)c1ccc(Cl)cc1)c1ccc(Cl)cc1. The van der Waals surface area contributed by atoms with E-state index < -0.39 is 17.6 Å². The van der Waals surface area contributed by atoms with Crippen LogP contribution < -0.4 is 11.3 Å². The van der Waals surface area contributed by atoms with Crippen molar-refractivity contribution in [2.75, 3.05) is 11.3 Å². The number of H-pyrrole nitrogens is 1. The van der Waals surface area contributed by atoms with Crippen molar-refractivity contribution in [2.24, 2.45) is 5.10 Å². The Kier molecular flexibility index (Phi) is 7.23. The van der Waals surface area contributed by atoms with Crippen molar-refractivity contribution < 1.29 is 4.79 Å². The van der Waals surface area contributed by atoms with Crippen LogP contribution in [0, 0.1) is 27.4 Å². The van der Waals surface area contributed by atoms with E-state index in [1.165, 1.54) is 0 Å². The Hall–Kier alpha value is -3.70. The zero-order valence-electron chi connectivity index (χ0n) is 16.2. The van der Waals surface area contributed by atoms with E-state index >= 15 is 0 Å². The minimum atomic E-state index is -1.23. The average molecular weight is 485 g/mol. The molecule has 2 atom stereocenters. The van der Waals surface area contributed by atoms with Crippen LogP contribution in [0.3, 0.4) is 0 Å². The van der Waals surface area contributed by atoms with Gasteiger partial charge in [-0.3, -0.25) is 9.89 Å². The molecule has 0 aliphatic rings. The highest BCUT2D eigenvalue weighted by Gasteiger charge is 2.32. The summed E-state index contributed by atoms with van der Waals surface area (Å²) in [7, 11) is 0. The molecule has 0 aliphatic carbocycles. The number of nitrogens with one attached hydrogen (secondary N) is 2. The number of Topliss-reactive ketones (excluding diaryl/α,β-unsaturated/α-hetero) is 1. The van der Waals surface area contributed by atoms with E-state index in [0.29, 0.717) is 21.2 Å². The highest BCUT2D eigenvalue weighted by molar-refractivity contribution is 7.71. The number of ketones is 1. The molecule has 1 aromatic heterocycles. The molecule has 32 heavy (non-hydrogen) atoms. The summed E-state index contributed by atoms with van der Waals surface area (Å²) < 4.78 is 0.0867. The quantitative estimate of drug-likeness (QED) is 0.199. The monoisotopic (exact) mass is 484 g/mol. The first kappa shape index (κ1) is 23.0. The predicted molar refractivity (Wildman–Crippen MR) is 123 cm³/mol. The summed E-state index contributed by atoms with van der Waals surface area (Å²) >= 11 is 16.8. The van der Waals surface area contributed by atoms with Gasteiger partial charge in [-0.1, -0.05) is 47.5 Å². The molecule has 0 radical (unpaired) electrons. The van der Waals surface area contributed by atoms with E-state index in [4.69, 9.17) is 41.3 Å². The van der Waals surface area contributed by atoms with Gasteiger partial charge in [-0.05, 0) is 47.6 Å². The van der Waals surface area contributed by atoms with Gasteiger partial charge in [0.25, 0.3) is 5.95 Å². The number of nitrogens with two attached hydrogens (primary N) is 1. The maximum atomic E-state index is 13.4. The second-order valence-corrected chi connectivity index (χ2v) is 7.68. The molecule has 0 saturated carbocycles. The predicted octanol–water partition coefficient (Wildman–Crippen LogP) is 3.91. The Morgan fingerprint density at radius 2 is 1.56 bits per heavy atom. The second-order valence-electron chi connectivity index (χ2n) is 6.42. The van der Waals surface area contributed by atoms with Crippen LogP contribution in [-0.4, -0.2) is 26.4 Å². The van der Waals surface area contributed by atoms with Gasteiger partial charge >= 0.3 is 0 Å². The zero-order valence-corrected chi connectivity index (χ0v) is 18.5. The van der Waals surface area contributed by atoms with Gasteiger partial charge in [-0.25, -0.2) is 5.43 Å². The number of halogens is 2. The number of hydrogen-bond donors (Lipinski definition) is 3. The number of aromatic nitrogens is 3. The molecule has 0 saturated heterocycles. The van der Waals surface area contributed by atoms with Gasteiger partial charge in [0, 0.05) is 10.0 Å². The van der Waals surface area contributed by atoms with E-state index in [1.807, 2.05) is 6.07 Å². The molecule has 3 rings (SSSR count). The Morgan fingerprint density at radius 1 is 1.06 bits per heavy atom. The Labute approximate surface area is 197 Å². The van der Waals surface area contributed by atoms with Crippen LogP contribution in [0.4, 0.5) is 5.95 Å². The molecular weight excluding hydrogens is 471 g/mol. The normalized spacial score (nSPS) is 12.9. The minimum absolute atomic E-state index is 0.00750. The number of nitriles is 2. The Bertz CT molecular complexity index is 1300. The van der Waals surface area contributed by atoms with Gasteiger partial charge < -0.3 is 5.84 Å². The van der Waals surface area contributed by atoms with E-state index in [2.05, 4.69) is 26.7 Å². The van der Waals surface area contributed by atoms with Crippen molar-refractivity contribution in [1.29, 1.82) is 10.5 Å². The van der Waals surface area contributed by atoms with Crippen molar-refractivity contribution in [1.82, 2.24) is 14.9 Å². The lowest BCUT2D eigenvalue weighted by atomic mass is 9.86. The summed E-state index contributed by atoms with van der Waals surface area (Å²) in [5.41, 5.74) is 3.19. The topological polar surface area (TPSA) is 149 Å². The van der Waals surface area contributed by atoms with Crippen molar-refractivity contribution in [2.45, 2.75) is 11.8 Å². The number of nitrogen functional groups attached to an aromatic ring is 1. The molecule has 3 aromatic rings. The molecule has 9 nitrogen and oxygen atoms in total. The molecule has 0 bridgehead atoms. The number of anilines is 1. The van der Waals surface area contributed by atoms with Crippen molar-refractivity contribution in [3.8, 4) is 12.1 Å². The number of nitrogens with zero attached hydrogens (tertiary/aromatic N) is 5. The Morgan fingerprint density at radius 3 is 2.00 bits per heavy atom. The van der Waals surface area contributed by atoms with Crippen LogP contribution in [0.5, 0.6) is 0 Å². The lowest BCUT2D eigenvalue weighted by Crippen LogP contribution is -2.28. The lowest BCUT2D eigenvalue weighted by Gasteiger charge is -2.16. The van der Waals surface area contributed by atoms with Crippen molar-refractivity contribution >= 4 is 52.9 Å².